The summed E-state index contributed by atoms with van der Waals surface area (Å²) in [7, 11) is -3.80. The Hall–Kier alpha value is -1.57. The van der Waals surface area contributed by atoms with E-state index in [0.717, 1.165) is 0 Å². The van der Waals surface area contributed by atoms with E-state index in [1.807, 2.05) is 0 Å². The van der Waals surface area contributed by atoms with Gasteiger partial charge in [-0.3, -0.25) is 4.79 Å². The maximum absolute atomic E-state index is 10.6. The maximum atomic E-state index is 10.6. The molecule has 0 unspecified atom stereocenters. The van der Waals surface area contributed by atoms with Gasteiger partial charge in [0, 0.05) is 0 Å². The lowest BCUT2D eigenvalue weighted by Crippen LogP contribution is -2.30. The Kier molecular flexibility index (Phi) is 3.43. The highest BCUT2D eigenvalue weighted by Gasteiger charge is 2.13. The van der Waals surface area contributed by atoms with E-state index in [4.69, 9.17) is 10.2 Å². The van der Waals surface area contributed by atoms with Crippen molar-refractivity contribution in [2.75, 3.05) is 6.26 Å². The second kappa shape index (κ2) is 3.90. The fourth-order valence-electron chi connectivity index (χ4n) is 0.403. The van der Waals surface area contributed by atoms with Crippen LogP contribution in [0.3, 0.4) is 0 Å². The molecule has 74 valence electrons. The van der Waals surface area contributed by atoms with Crippen molar-refractivity contribution in [1.82, 2.24) is 4.72 Å². The van der Waals surface area contributed by atoms with Gasteiger partial charge in [0.25, 0.3) is 5.91 Å². The van der Waals surface area contributed by atoms with Crippen molar-refractivity contribution in [3.05, 3.63) is 11.8 Å². The first kappa shape index (κ1) is 11.4. The van der Waals surface area contributed by atoms with Crippen molar-refractivity contribution >= 4 is 21.9 Å². The van der Waals surface area contributed by atoms with Crippen molar-refractivity contribution in [3.63, 3.8) is 0 Å². The van der Waals surface area contributed by atoms with Gasteiger partial charge in [-0.15, -0.1) is 0 Å². The number of aliphatic carboxylic acids is 1. The van der Waals surface area contributed by atoms with Crippen LogP contribution >= 0.6 is 0 Å². The van der Waals surface area contributed by atoms with E-state index in [2.05, 4.69) is 0 Å². The molecule has 0 radical (unpaired) electrons. The fourth-order valence-corrected chi connectivity index (χ4v) is 0.845. The van der Waals surface area contributed by atoms with Crippen LogP contribution in [0.5, 0.6) is 0 Å². The zero-order chi connectivity index (χ0) is 10.6. The molecule has 0 atom stereocenters. The minimum absolute atomic E-state index is 0.181. The Labute approximate surface area is 73.7 Å². The molecular formula is C5H7NO6S. The van der Waals surface area contributed by atoms with Crippen LogP contribution in [0.25, 0.3) is 0 Å². The molecule has 0 rings (SSSR count). The van der Waals surface area contributed by atoms with Crippen molar-refractivity contribution in [2.45, 2.75) is 0 Å². The second-order valence-corrected chi connectivity index (χ2v) is 3.82. The molecule has 0 bridgehead atoms. The molecule has 0 aliphatic heterocycles. The predicted molar refractivity (Wildman–Crippen MR) is 41.3 cm³/mol. The molecule has 3 N–H and O–H groups in total. The zero-order valence-corrected chi connectivity index (χ0v) is 7.33. The summed E-state index contributed by atoms with van der Waals surface area (Å²) in [6.07, 6.45) is 0.874. The third-order valence-electron chi connectivity index (χ3n) is 0.771. The highest BCUT2D eigenvalue weighted by Crippen LogP contribution is 1.89. The second-order valence-electron chi connectivity index (χ2n) is 2.07. The van der Waals surface area contributed by atoms with Crippen molar-refractivity contribution in [3.8, 4) is 0 Å². The van der Waals surface area contributed by atoms with Crippen LogP contribution in [0.15, 0.2) is 11.8 Å². The van der Waals surface area contributed by atoms with Gasteiger partial charge in [0.05, 0.1) is 12.3 Å². The normalized spacial score (nSPS) is 12.2. The van der Waals surface area contributed by atoms with E-state index < -0.39 is 27.7 Å². The van der Waals surface area contributed by atoms with Gasteiger partial charge in [-0.25, -0.2) is 17.9 Å². The van der Waals surface area contributed by atoms with Gasteiger partial charge in [0.2, 0.25) is 10.0 Å². The number of carbonyl (C=O) groups is 2. The van der Waals surface area contributed by atoms with Crippen molar-refractivity contribution < 1.29 is 28.2 Å². The number of carboxylic acids is 1. The molecule has 13 heavy (non-hydrogen) atoms. The molecular weight excluding hydrogens is 202 g/mol. The van der Waals surface area contributed by atoms with E-state index in [9.17, 15) is 18.0 Å². The lowest BCUT2D eigenvalue weighted by molar-refractivity contribution is -0.132. The summed E-state index contributed by atoms with van der Waals surface area (Å²) in [5.74, 6) is -4.12. The summed E-state index contributed by atoms with van der Waals surface area (Å²) < 4.78 is 22.2. The average molecular weight is 209 g/mol. The Morgan fingerprint density at radius 3 is 2.08 bits per heavy atom. The molecule has 0 fully saturated rings. The highest BCUT2D eigenvalue weighted by molar-refractivity contribution is 7.89. The molecule has 0 aliphatic rings. The van der Waals surface area contributed by atoms with Crippen LogP contribution in [-0.2, 0) is 19.6 Å². The SMILES string of the molecule is CS(=O)(=O)NC(=O)C(O)=CC(=O)O. The number of hydrogen-bond acceptors (Lipinski definition) is 5. The van der Waals surface area contributed by atoms with Gasteiger partial charge in [-0.1, -0.05) is 0 Å². The number of carbonyl (C=O) groups excluding carboxylic acids is 1. The highest BCUT2D eigenvalue weighted by atomic mass is 32.2. The summed E-state index contributed by atoms with van der Waals surface area (Å²) >= 11 is 0. The van der Waals surface area contributed by atoms with E-state index in [-0.39, 0.29) is 6.08 Å². The quantitative estimate of drug-likeness (QED) is 0.388. The number of aliphatic hydroxyl groups is 1. The molecule has 0 aromatic carbocycles. The van der Waals surface area contributed by atoms with E-state index in [1.165, 1.54) is 4.72 Å². The van der Waals surface area contributed by atoms with Gasteiger partial charge in [0.1, 0.15) is 0 Å². The first-order chi connectivity index (χ1) is 5.72. The number of nitrogens with one attached hydrogen (secondary N) is 1. The van der Waals surface area contributed by atoms with Crippen LogP contribution in [0.4, 0.5) is 0 Å². The van der Waals surface area contributed by atoms with Crippen molar-refractivity contribution in [1.29, 1.82) is 0 Å². The molecule has 7 nitrogen and oxygen atoms in total. The summed E-state index contributed by atoms with van der Waals surface area (Å²) in [6, 6.07) is 0. The summed E-state index contributed by atoms with van der Waals surface area (Å²) in [5, 5.41) is 16.7. The van der Waals surface area contributed by atoms with Gasteiger partial charge in [-0.05, 0) is 0 Å². The number of rotatable bonds is 3. The predicted octanol–water partition coefficient (Wildman–Crippen LogP) is -1.41. The molecule has 0 saturated heterocycles. The van der Waals surface area contributed by atoms with Crippen molar-refractivity contribution in [2.24, 2.45) is 0 Å². The Bertz CT molecular complexity index is 353. The summed E-state index contributed by atoms with van der Waals surface area (Å²) in [4.78, 5) is 20.5. The lowest BCUT2D eigenvalue weighted by atomic mass is 10.4. The molecule has 1 amide bonds. The van der Waals surface area contributed by atoms with Crippen LogP contribution in [0, 0.1) is 0 Å². The zero-order valence-electron chi connectivity index (χ0n) is 6.51. The van der Waals surface area contributed by atoms with E-state index in [0.29, 0.717) is 6.26 Å². The fraction of sp³-hybridized carbons (Fsp3) is 0.200. The van der Waals surface area contributed by atoms with Crippen LogP contribution < -0.4 is 4.72 Å². The van der Waals surface area contributed by atoms with Gasteiger partial charge < -0.3 is 10.2 Å². The molecule has 0 aliphatic carbocycles. The minimum atomic E-state index is -3.80. The number of aliphatic hydroxyl groups excluding tert-OH is 1. The molecule has 0 aromatic rings. The molecule has 0 saturated carbocycles. The first-order valence-electron chi connectivity index (χ1n) is 2.88. The lowest BCUT2D eigenvalue weighted by Gasteiger charge is -1.99. The largest absolute Gasteiger partial charge is 0.503 e. The number of carboxylic acid groups (broad SMARTS) is 1. The number of amides is 1. The van der Waals surface area contributed by atoms with Gasteiger partial charge in [-0.2, -0.15) is 0 Å². The molecule has 0 heterocycles. The number of hydrogen-bond donors (Lipinski definition) is 3. The molecule has 0 aromatic heterocycles. The third kappa shape index (κ3) is 5.67. The topological polar surface area (TPSA) is 121 Å². The maximum Gasteiger partial charge on any atom is 0.332 e. The van der Waals surface area contributed by atoms with Gasteiger partial charge in [0.15, 0.2) is 5.76 Å². The van der Waals surface area contributed by atoms with Crippen LogP contribution in [0.2, 0.25) is 0 Å². The van der Waals surface area contributed by atoms with Crippen LogP contribution in [-0.4, -0.2) is 36.8 Å². The van der Waals surface area contributed by atoms with Crippen LogP contribution in [0.1, 0.15) is 0 Å². The average Bonchev–Trinajstić information content (AvgIpc) is 1.81. The smallest absolute Gasteiger partial charge is 0.332 e. The molecule has 0 spiro atoms. The first-order valence-corrected chi connectivity index (χ1v) is 4.77. The standard InChI is InChI=1S/C5H7NO6S/c1-13(11,12)6-5(10)3(7)2-4(8)9/h2,7H,1H3,(H,6,10)(H,8,9). The minimum Gasteiger partial charge on any atom is -0.503 e. The summed E-state index contributed by atoms with van der Waals surface area (Å²) in [6.45, 7) is 0. The number of sulfonamides is 1. The third-order valence-corrected chi connectivity index (χ3v) is 1.33. The molecule has 8 heteroatoms. The summed E-state index contributed by atoms with van der Waals surface area (Å²) in [5.41, 5.74) is 0. The Balaban J connectivity index is 4.56. The monoisotopic (exact) mass is 209 g/mol. The van der Waals surface area contributed by atoms with Gasteiger partial charge >= 0.3 is 5.97 Å². The Morgan fingerprint density at radius 1 is 1.31 bits per heavy atom. The van der Waals surface area contributed by atoms with E-state index >= 15 is 0 Å². The Morgan fingerprint density at radius 2 is 1.77 bits per heavy atom. The van der Waals surface area contributed by atoms with E-state index in [1.54, 1.807) is 0 Å².